The molecule has 0 bridgehead atoms. The molecule has 5 rings (SSSR count). The summed E-state index contributed by atoms with van der Waals surface area (Å²) in [6.45, 7) is 3.76. The Labute approximate surface area is 204 Å². The molecule has 0 aliphatic carbocycles. The van der Waals surface area contributed by atoms with Crippen molar-refractivity contribution in [1.82, 2.24) is 9.88 Å². The molecule has 0 saturated carbocycles. The summed E-state index contributed by atoms with van der Waals surface area (Å²) in [5.74, 6) is -0.620. The highest BCUT2D eigenvalue weighted by Crippen LogP contribution is 2.37. The van der Waals surface area contributed by atoms with E-state index in [4.69, 9.17) is 32.7 Å². The Morgan fingerprint density at radius 3 is 2.56 bits per heavy atom. The Morgan fingerprint density at radius 1 is 1.00 bits per heavy atom. The van der Waals surface area contributed by atoms with Gasteiger partial charge in [-0.25, -0.2) is 9.69 Å². The van der Waals surface area contributed by atoms with Crippen molar-refractivity contribution in [3.63, 3.8) is 0 Å². The van der Waals surface area contributed by atoms with E-state index in [1.807, 2.05) is 30.5 Å². The molecule has 1 fully saturated rings. The van der Waals surface area contributed by atoms with Gasteiger partial charge in [0, 0.05) is 17.5 Å². The van der Waals surface area contributed by atoms with Crippen LogP contribution in [-0.2, 0) is 9.59 Å². The molecule has 1 N–H and O–H groups in total. The Balaban J connectivity index is 1.56. The van der Waals surface area contributed by atoms with Gasteiger partial charge in [0.25, 0.3) is 11.8 Å². The van der Waals surface area contributed by atoms with E-state index in [1.165, 1.54) is 12.1 Å². The predicted molar refractivity (Wildman–Crippen MR) is 127 cm³/mol. The highest BCUT2D eigenvalue weighted by atomic mass is 35.5. The first-order chi connectivity index (χ1) is 16.3. The zero-order valence-corrected chi connectivity index (χ0v) is 19.5. The summed E-state index contributed by atoms with van der Waals surface area (Å²) in [6, 6.07) is 10.9. The monoisotopic (exact) mass is 497 g/mol. The number of benzene rings is 2. The van der Waals surface area contributed by atoms with E-state index in [2.05, 4.69) is 5.32 Å². The molecule has 0 atom stereocenters. The summed E-state index contributed by atoms with van der Waals surface area (Å²) in [5, 5.41) is 3.02. The number of nitrogens with zero attached hydrogens (tertiary/aromatic N) is 2. The number of rotatable bonds is 3. The van der Waals surface area contributed by atoms with E-state index >= 15 is 0 Å². The van der Waals surface area contributed by atoms with Crippen LogP contribution in [0.15, 0.2) is 48.0 Å². The fourth-order valence-electron chi connectivity index (χ4n) is 4.04. The molecule has 2 aliphatic heterocycles. The van der Waals surface area contributed by atoms with Gasteiger partial charge in [-0.3, -0.25) is 14.9 Å². The van der Waals surface area contributed by atoms with Gasteiger partial charge in [-0.15, -0.1) is 0 Å². The number of halogens is 2. The van der Waals surface area contributed by atoms with Crippen LogP contribution < -0.4 is 19.7 Å². The van der Waals surface area contributed by atoms with E-state index in [1.54, 1.807) is 24.3 Å². The molecule has 2 aliphatic rings. The lowest BCUT2D eigenvalue weighted by atomic mass is 10.1. The van der Waals surface area contributed by atoms with Crippen LogP contribution in [0.2, 0.25) is 10.0 Å². The number of fused-ring (bicyclic) bond motifs is 1. The second kappa shape index (κ2) is 8.23. The third-order valence-electron chi connectivity index (χ3n) is 5.66. The summed E-state index contributed by atoms with van der Waals surface area (Å²) < 4.78 is 12.5. The van der Waals surface area contributed by atoms with Crippen molar-refractivity contribution >= 4 is 52.8 Å². The number of carbonyl (C=O) groups excluding carboxylic acids is 3. The molecule has 0 spiro atoms. The fourth-order valence-corrected chi connectivity index (χ4v) is 4.42. The summed E-state index contributed by atoms with van der Waals surface area (Å²) in [4.78, 5) is 39.3. The molecule has 10 heteroatoms. The first-order valence-corrected chi connectivity index (χ1v) is 11.0. The first-order valence-electron chi connectivity index (χ1n) is 10.2. The number of anilines is 1. The maximum Gasteiger partial charge on any atom is 0.335 e. The van der Waals surface area contributed by atoms with Gasteiger partial charge in [0.2, 0.25) is 6.79 Å². The standard InChI is InChI=1S/C24H17Cl2N3O5/c1-12-8-14(13(2)28(12)18-5-3-4-17(25)21(18)26)9-16-22(30)27-24(32)29(23(16)31)15-6-7-19-20(10-15)34-11-33-19/h3-10H,11H2,1-2H3,(H,27,30,32)/b16-9+. The molecular weight excluding hydrogens is 481 g/mol. The number of nitrogens with one attached hydrogen (secondary N) is 1. The van der Waals surface area contributed by atoms with Gasteiger partial charge < -0.3 is 14.0 Å². The average molecular weight is 498 g/mol. The summed E-state index contributed by atoms with van der Waals surface area (Å²) >= 11 is 12.6. The Hall–Kier alpha value is -3.75. The fraction of sp³-hybridized carbons (Fsp3) is 0.125. The Kier molecular flexibility index (Phi) is 5.34. The van der Waals surface area contributed by atoms with Crippen LogP contribution in [-0.4, -0.2) is 29.2 Å². The largest absolute Gasteiger partial charge is 0.454 e. The lowest BCUT2D eigenvalue weighted by Gasteiger charge is -2.26. The quantitative estimate of drug-likeness (QED) is 0.414. The van der Waals surface area contributed by atoms with Crippen molar-refractivity contribution in [1.29, 1.82) is 0 Å². The molecule has 0 radical (unpaired) electrons. The van der Waals surface area contributed by atoms with Crippen LogP contribution in [0.4, 0.5) is 10.5 Å². The second-order valence-corrected chi connectivity index (χ2v) is 8.52. The molecule has 8 nitrogen and oxygen atoms in total. The Bertz CT molecular complexity index is 1430. The van der Waals surface area contributed by atoms with Crippen LogP contribution in [0, 0.1) is 13.8 Å². The summed E-state index contributed by atoms with van der Waals surface area (Å²) in [7, 11) is 0. The van der Waals surface area contributed by atoms with Gasteiger partial charge in [0.1, 0.15) is 5.57 Å². The summed E-state index contributed by atoms with van der Waals surface area (Å²) in [5.41, 5.74) is 2.91. The third-order valence-corrected chi connectivity index (χ3v) is 6.47. The normalized spacial score (nSPS) is 16.4. The first kappa shape index (κ1) is 22.1. The molecule has 1 saturated heterocycles. The average Bonchev–Trinajstić information content (AvgIpc) is 3.36. The molecule has 3 aromatic rings. The van der Waals surface area contributed by atoms with Crippen LogP contribution in [0.1, 0.15) is 17.0 Å². The number of carbonyl (C=O) groups is 3. The molecule has 3 heterocycles. The molecule has 2 aromatic carbocycles. The third kappa shape index (κ3) is 3.52. The zero-order valence-electron chi connectivity index (χ0n) is 18.0. The van der Waals surface area contributed by atoms with Crippen LogP contribution in [0.5, 0.6) is 11.5 Å². The number of urea groups is 1. The maximum atomic E-state index is 13.3. The number of hydrogen-bond acceptors (Lipinski definition) is 5. The lowest BCUT2D eigenvalue weighted by Crippen LogP contribution is -2.54. The van der Waals surface area contributed by atoms with Gasteiger partial charge in [-0.2, -0.15) is 0 Å². The number of amides is 4. The molecule has 4 amide bonds. The number of barbiturate groups is 1. The van der Waals surface area contributed by atoms with Crippen molar-refractivity contribution in [2.45, 2.75) is 13.8 Å². The van der Waals surface area contributed by atoms with E-state index in [0.717, 1.165) is 16.3 Å². The number of hydrogen-bond donors (Lipinski definition) is 1. The lowest BCUT2D eigenvalue weighted by molar-refractivity contribution is -0.122. The van der Waals surface area contributed by atoms with Crippen molar-refractivity contribution in [3.05, 3.63) is 75.0 Å². The second-order valence-electron chi connectivity index (χ2n) is 7.73. The van der Waals surface area contributed by atoms with Crippen molar-refractivity contribution in [2.75, 3.05) is 11.7 Å². The number of imide groups is 2. The number of aryl methyl sites for hydroxylation is 1. The van der Waals surface area contributed by atoms with E-state index in [-0.39, 0.29) is 18.1 Å². The SMILES string of the molecule is Cc1cc(/C=C2\C(=O)NC(=O)N(c3ccc4c(c3)OCO4)C2=O)c(C)n1-c1cccc(Cl)c1Cl. The van der Waals surface area contributed by atoms with Gasteiger partial charge >= 0.3 is 6.03 Å². The predicted octanol–water partition coefficient (Wildman–Crippen LogP) is 4.80. The van der Waals surface area contributed by atoms with Crippen LogP contribution in [0.25, 0.3) is 11.8 Å². The van der Waals surface area contributed by atoms with Crippen LogP contribution in [0.3, 0.4) is 0 Å². The molecule has 0 unspecified atom stereocenters. The maximum absolute atomic E-state index is 13.3. The molecular formula is C24H17Cl2N3O5. The van der Waals surface area contributed by atoms with Crippen LogP contribution >= 0.6 is 23.2 Å². The number of aromatic nitrogens is 1. The van der Waals surface area contributed by atoms with E-state index < -0.39 is 17.8 Å². The highest BCUT2D eigenvalue weighted by Gasteiger charge is 2.37. The van der Waals surface area contributed by atoms with Gasteiger partial charge in [0.15, 0.2) is 11.5 Å². The summed E-state index contributed by atoms with van der Waals surface area (Å²) in [6.07, 6.45) is 1.46. The van der Waals surface area contributed by atoms with Crippen molar-refractivity contribution in [2.24, 2.45) is 0 Å². The molecule has 172 valence electrons. The van der Waals surface area contributed by atoms with E-state index in [9.17, 15) is 14.4 Å². The van der Waals surface area contributed by atoms with Gasteiger partial charge in [-0.05, 0) is 55.8 Å². The highest BCUT2D eigenvalue weighted by molar-refractivity contribution is 6.43. The topological polar surface area (TPSA) is 89.9 Å². The Morgan fingerprint density at radius 2 is 1.76 bits per heavy atom. The minimum Gasteiger partial charge on any atom is -0.454 e. The van der Waals surface area contributed by atoms with Crippen molar-refractivity contribution < 1.29 is 23.9 Å². The minimum atomic E-state index is -0.845. The van der Waals surface area contributed by atoms with E-state index in [0.29, 0.717) is 32.8 Å². The van der Waals surface area contributed by atoms with Gasteiger partial charge in [-0.1, -0.05) is 29.3 Å². The number of ether oxygens (including phenoxy) is 2. The molecule has 34 heavy (non-hydrogen) atoms. The van der Waals surface area contributed by atoms with Gasteiger partial charge in [0.05, 0.1) is 21.4 Å². The van der Waals surface area contributed by atoms with Crippen molar-refractivity contribution in [3.8, 4) is 17.2 Å². The smallest absolute Gasteiger partial charge is 0.335 e. The zero-order chi connectivity index (χ0) is 24.1. The minimum absolute atomic E-state index is 0.0504. The molecule has 1 aromatic heterocycles.